The molecule has 0 saturated carbocycles. The lowest BCUT2D eigenvalue weighted by Crippen LogP contribution is -2.27. The minimum absolute atomic E-state index is 0.588. The Labute approximate surface area is 122 Å². The zero-order valence-corrected chi connectivity index (χ0v) is 13.2. The van der Waals surface area contributed by atoms with Crippen molar-refractivity contribution < 1.29 is 9.47 Å². The molecule has 1 aromatic carbocycles. The Hall–Kier alpha value is -1.42. The molecule has 0 atom stereocenters. The minimum atomic E-state index is 0.588. The number of hydrogen-bond acceptors (Lipinski definition) is 4. The second-order valence-electron chi connectivity index (χ2n) is 4.97. The van der Waals surface area contributed by atoms with E-state index in [0.717, 1.165) is 37.4 Å². The van der Waals surface area contributed by atoms with Crippen molar-refractivity contribution in [2.45, 2.75) is 33.1 Å². The number of ether oxygens (including phenoxy) is 2. The molecule has 4 heteroatoms. The molecular weight excluding hydrogens is 252 g/mol. The highest BCUT2D eigenvalue weighted by Gasteiger charge is 2.13. The van der Waals surface area contributed by atoms with Crippen molar-refractivity contribution in [3.05, 3.63) is 17.7 Å². The van der Waals surface area contributed by atoms with Crippen molar-refractivity contribution in [1.82, 2.24) is 4.90 Å². The second kappa shape index (κ2) is 8.69. The maximum Gasteiger partial charge on any atom is 0.148 e. The number of hydrogen-bond donors (Lipinski definition) is 1. The zero-order valence-electron chi connectivity index (χ0n) is 13.2. The van der Waals surface area contributed by atoms with Crippen LogP contribution in [0.2, 0.25) is 0 Å². The van der Waals surface area contributed by atoms with Crippen molar-refractivity contribution in [2.24, 2.45) is 0 Å². The Morgan fingerprint density at radius 3 is 2.15 bits per heavy atom. The van der Waals surface area contributed by atoms with Crippen LogP contribution in [0.4, 0.5) is 5.69 Å². The van der Waals surface area contributed by atoms with E-state index < -0.39 is 0 Å². The molecule has 0 fully saturated rings. The lowest BCUT2D eigenvalue weighted by molar-refractivity contribution is 0.276. The summed E-state index contributed by atoms with van der Waals surface area (Å²) < 4.78 is 10.7. The number of benzene rings is 1. The van der Waals surface area contributed by atoms with Crippen LogP contribution in [0.3, 0.4) is 0 Å². The summed E-state index contributed by atoms with van der Waals surface area (Å²) in [4.78, 5) is 2.49. The first-order valence-electron chi connectivity index (χ1n) is 7.39. The summed E-state index contributed by atoms with van der Waals surface area (Å²) >= 11 is 0. The molecule has 1 aromatic rings. The summed E-state index contributed by atoms with van der Waals surface area (Å²) in [5.41, 5.74) is 7.79. The van der Waals surface area contributed by atoms with Crippen LogP contribution in [0.25, 0.3) is 0 Å². The number of nitrogens with zero attached hydrogens (tertiary/aromatic N) is 1. The Bertz CT molecular complexity index is 402. The molecule has 0 heterocycles. The molecule has 0 unspecified atom stereocenters. The summed E-state index contributed by atoms with van der Waals surface area (Å²) in [6, 6.07) is 3.96. The first-order valence-corrected chi connectivity index (χ1v) is 7.39. The maximum absolute atomic E-state index is 6.07. The molecule has 0 radical (unpaired) electrons. The standard InChI is InChI=1S/C16H28N2O2/c1-5-10-18(11-6-2)12-9-13-7-8-14(19-3)15(17)16(13)20-4/h7-8H,5-6,9-12,17H2,1-4H3. The van der Waals surface area contributed by atoms with Gasteiger partial charge < -0.3 is 20.1 Å². The van der Waals surface area contributed by atoms with Crippen LogP contribution >= 0.6 is 0 Å². The SMILES string of the molecule is CCCN(CCC)CCc1ccc(OC)c(N)c1OC. The van der Waals surface area contributed by atoms with Gasteiger partial charge in [-0.05, 0) is 44.0 Å². The first-order chi connectivity index (χ1) is 9.67. The summed E-state index contributed by atoms with van der Waals surface area (Å²) in [6.07, 6.45) is 3.31. The fourth-order valence-corrected chi connectivity index (χ4v) is 2.49. The molecule has 0 aliphatic carbocycles. The van der Waals surface area contributed by atoms with E-state index in [2.05, 4.69) is 18.7 Å². The first kappa shape index (κ1) is 16.6. The molecule has 0 aliphatic rings. The molecular formula is C16H28N2O2. The van der Waals surface area contributed by atoms with Crippen molar-refractivity contribution in [2.75, 3.05) is 39.6 Å². The fraction of sp³-hybridized carbons (Fsp3) is 0.625. The van der Waals surface area contributed by atoms with E-state index in [1.165, 1.54) is 12.8 Å². The van der Waals surface area contributed by atoms with Gasteiger partial charge in [-0.2, -0.15) is 0 Å². The number of nitrogen functional groups attached to an aromatic ring is 1. The zero-order chi connectivity index (χ0) is 15.0. The highest BCUT2D eigenvalue weighted by Crippen LogP contribution is 2.35. The number of anilines is 1. The van der Waals surface area contributed by atoms with Crippen LogP contribution in [-0.2, 0) is 6.42 Å². The van der Waals surface area contributed by atoms with Gasteiger partial charge in [0.1, 0.15) is 17.2 Å². The van der Waals surface area contributed by atoms with Crippen LogP contribution < -0.4 is 15.2 Å². The molecule has 114 valence electrons. The molecule has 0 saturated heterocycles. The third-order valence-corrected chi connectivity index (χ3v) is 3.44. The molecule has 4 nitrogen and oxygen atoms in total. The van der Waals surface area contributed by atoms with Crippen molar-refractivity contribution in [3.8, 4) is 11.5 Å². The molecule has 0 aliphatic heterocycles. The normalized spacial score (nSPS) is 10.8. The Morgan fingerprint density at radius 2 is 1.65 bits per heavy atom. The van der Waals surface area contributed by atoms with Gasteiger partial charge in [-0.3, -0.25) is 0 Å². The number of methoxy groups -OCH3 is 2. The summed E-state index contributed by atoms with van der Waals surface area (Å²) in [5.74, 6) is 1.42. The molecule has 0 aromatic heterocycles. The van der Waals surface area contributed by atoms with Gasteiger partial charge in [0.15, 0.2) is 0 Å². The predicted octanol–water partition coefficient (Wildman–Crippen LogP) is 2.95. The average Bonchev–Trinajstić information content (AvgIpc) is 2.45. The third kappa shape index (κ3) is 4.30. The maximum atomic E-state index is 6.07. The van der Waals surface area contributed by atoms with E-state index in [1.54, 1.807) is 14.2 Å². The summed E-state index contributed by atoms with van der Waals surface area (Å²) in [7, 11) is 3.28. The summed E-state index contributed by atoms with van der Waals surface area (Å²) in [5, 5.41) is 0. The van der Waals surface area contributed by atoms with Gasteiger partial charge in [0.05, 0.1) is 14.2 Å². The van der Waals surface area contributed by atoms with E-state index >= 15 is 0 Å². The number of nitrogens with two attached hydrogens (primary N) is 1. The van der Waals surface area contributed by atoms with Crippen LogP contribution in [0.15, 0.2) is 12.1 Å². The van der Waals surface area contributed by atoms with Gasteiger partial charge >= 0.3 is 0 Å². The van der Waals surface area contributed by atoms with E-state index in [-0.39, 0.29) is 0 Å². The second-order valence-corrected chi connectivity index (χ2v) is 4.97. The van der Waals surface area contributed by atoms with Crippen LogP contribution in [0.1, 0.15) is 32.3 Å². The van der Waals surface area contributed by atoms with Crippen molar-refractivity contribution in [1.29, 1.82) is 0 Å². The van der Waals surface area contributed by atoms with Crippen LogP contribution in [0, 0.1) is 0 Å². The fourth-order valence-electron chi connectivity index (χ4n) is 2.49. The van der Waals surface area contributed by atoms with E-state index in [9.17, 15) is 0 Å². The molecule has 0 spiro atoms. The summed E-state index contributed by atoms with van der Waals surface area (Å²) in [6.45, 7) is 7.75. The van der Waals surface area contributed by atoms with E-state index in [1.807, 2.05) is 12.1 Å². The Morgan fingerprint density at radius 1 is 1.00 bits per heavy atom. The highest BCUT2D eigenvalue weighted by molar-refractivity contribution is 5.66. The van der Waals surface area contributed by atoms with Crippen LogP contribution in [-0.4, -0.2) is 38.8 Å². The lowest BCUT2D eigenvalue weighted by Gasteiger charge is -2.22. The van der Waals surface area contributed by atoms with Crippen molar-refractivity contribution >= 4 is 5.69 Å². The van der Waals surface area contributed by atoms with Gasteiger partial charge in [-0.1, -0.05) is 19.9 Å². The van der Waals surface area contributed by atoms with Crippen molar-refractivity contribution in [3.63, 3.8) is 0 Å². The molecule has 1 rings (SSSR count). The minimum Gasteiger partial charge on any atom is -0.494 e. The highest BCUT2D eigenvalue weighted by atomic mass is 16.5. The van der Waals surface area contributed by atoms with E-state index in [0.29, 0.717) is 11.4 Å². The monoisotopic (exact) mass is 280 g/mol. The number of rotatable bonds is 9. The molecule has 0 bridgehead atoms. The van der Waals surface area contributed by atoms with Crippen LogP contribution in [0.5, 0.6) is 11.5 Å². The Balaban J connectivity index is 2.78. The average molecular weight is 280 g/mol. The van der Waals surface area contributed by atoms with Gasteiger partial charge in [-0.15, -0.1) is 0 Å². The Kier molecular flexibility index (Phi) is 7.23. The smallest absolute Gasteiger partial charge is 0.148 e. The van der Waals surface area contributed by atoms with Gasteiger partial charge in [0, 0.05) is 6.54 Å². The van der Waals surface area contributed by atoms with Gasteiger partial charge in [-0.25, -0.2) is 0 Å². The van der Waals surface area contributed by atoms with Gasteiger partial charge in [0.25, 0.3) is 0 Å². The topological polar surface area (TPSA) is 47.7 Å². The van der Waals surface area contributed by atoms with Gasteiger partial charge in [0.2, 0.25) is 0 Å². The largest absolute Gasteiger partial charge is 0.494 e. The molecule has 20 heavy (non-hydrogen) atoms. The predicted molar refractivity (Wildman–Crippen MR) is 84.7 cm³/mol. The molecule has 0 amide bonds. The van der Waals surface area contributed by atoms with E-state index in [4.69, 9.17) is 15.2 Å². The third-order valence-electron chi connectivity index (χ3n) is 3.44. The quantitative estimate of drug-likeness (QED) is 0.707. The molecule has 2 N–H and O–H groups in total. The lowest BCUT2D eigenvalue weighted by atomic mass is 10.1.